The van der Waals surface area contributed by atoms with Crippen LogP contribution >= 0.6 is 0 Å². The van der Waals surface area contributed by atoms with Gasteiger partial charge in [0.15, 0.2) is 5.82 Å². The fourth-order valence-corrected chi connectivity index (χ4v) is 2.91. The van der Waals surface area contributed by atoms with E-state index in [4.69, 9.17) is 4.74 Å². The Hall–Kier alpha value is -2.54. The molecule has 4 heterocycles. The predicted octanol–water partition coefficient (Wildman–Crippen LogP) is 1.73. The van der Waals surface area contributed by atoms with Crippen molar-refractivity contribution in [3.63, 3.8) is 0 Å². The van der Waals surface area contributed by atoms with Crippen molar-refractivity contribution in [1.82, 2.24) is 25.1 Å². The summed E-state index contributed by atoms with van der Waals surface area (Å²) < 4.78 is 5.45. The number of rotatable bonds is 3. The van der Waals surface area contributed by atoms with Gasteiger partial charge in [-0.1, -0.05) is 0 Å². The third-order valence-electron chi connectivity index (χ3n) is 4.19. The van der Waals surface area contributed by atoms with Gasteiger partial charge in [0, 0.05) is 43.4 Å². The molecule has 1 N–H and O–H groups in total. The third-order valence-corrected chi connectivity index (χ3v) is 4.19. The van der Waals surface area contributed by atoms with Crippen molar-refractivity contribution in [2.24, 2.45) is 4.99 Å². The maximum atomic E-state index is 5.45. The molecule has 7 heteroatoms. The molecule has 0 bridgehead atoms. The summed E-state index contributed by atoms with van der Waals surface area (Å²) in [6, 6.07) is 4.48. The Labute approximate surface area is 134 Å². The van der Waals surface area contributed by atoms with Gasteiger partial charge in [0.25, 0.3) is 0 Å². The highest BCUT2D eigenvalue weighted by Gasteiger charge is 2.21. The van der Waals surface area contributed by atoms with Gasteiger partial charge in [0.05, 0.1) is 12.2 Å². The predicted molar refractivity (Wildman–Crippen MR) is 86.6 cm³/mol. The minimum atomic E-state index is 0.534. The first-order valence-electron chi connectivity index (χ1n) is 7.80. The molecule has 0 amide bonds. The molecule has 0 spiro atoms. The van der Waals surface area contributed by atoms with Crippen LogP contribution in [0, 0.1) is 0 Å². The average Bonchev–Trinajstić information content (AvgIpc) is 3.17. The Morgan fingerprint density at radius 2 is 2.09 bits per heavy atom. The molecule has 0 aromatic carbocycles. The van der Waals surface area contributed by atoms with Crippen LogP contribution in [-0.4, -0.2) is 57.1 Å². The van der Waals surface area contributed by atoms with Crippen LogP contribution in [0.3, 0.4) is 0 Å². The van der Waals surface area contributed by atoms with Gasteiger partial charge in [-0.05, 0) is 25.0 Å². The second kappa shape index (κ2) is 6.29. The minimum Gasteiger partial charge on any atom is -0.381 e. The normalized spacial score (nSPS) is 19.0. The standard InChI is InChI=1S/C16H18N6O/c1-2-14(16-19-11-20-21-16)18-9-12(1)15-10-22(6-5-17-15)13-3-7-23-8-4-13/h1-2,5,9-11,13H,3-4,6-8H2,(H,19,20,21). The van der Waals surface area contributed by atoms with E-state index in [0.717, 1.165) is 49.6 Å². The highest BCUT2D eigenvalue weighted by atomic mass is 16.5. The van der Waals surface area contributed by atoms with Gasteiger partial charge in [-0.2, -0.15) is 5.10 Å². The molecule has 0 atom stereocenters. The van der Waals surface area contributed by atoms with E-state index in [1.54, 1.807) is 0 Å². The van der Waals surface area contributed by atoms with E-state index < -0.39 is 0 Å². The Balaban J connectivity index is 1.54. The monoisotopic (exact) mass is 310 g/mol. The van der Waals surface area contributed by atoms with Crippen LogP contribution in [0.1, 0.15) is 18.4 Å². The molecule has 2 aromatic rings. The van der Waals surface area contributed by atoms with E-state index >= 15 is 0 Å². The maximum absolute atomic E-state index is 5.45. The summed E-state index contributed by atoms with van der Waals surface area (Å²) in [7, 11) is 0. The highest BCUT2D eigenvalue weighted by molar-refractivity contribution is 5.77. The highest BCUT2D eigenvalue weighted by Crippen LogP contribution is 2.23. The molecule has 7 nitrogen and oxygen atoms in total. The zero-order chi connectivity index (χ0) is 15.5. The summed E-state index contributed by atoms with van der Waals surface area (Å²) >= 11 is 0. The van der Waals surface area contributed by atoms with Crippen LogP contribution < -0.4 is 0 Å². The quantitative estimate of drug-likeness (QED) is 0.934. The first-order chi connectivity index (χ1) is 11.4. The van der Waals surface area contributed by atoms with E-state index in [1.807, 2.05) is 24.5 Å². The molecule has 0 radical (unpaired) electrons. The fraction of sp³-hybridized carbons (Fsp3) is 0.375. The molecule has 23 heavy (non-hydrogen) atoms. The molecule has 2 aliphatic heterocycles. The summed E-state index contributed by atoms with van der Waals surface area (Å²) in [6.07, 6.45) is 9.55. The number of hydrogen-bond acceptors (Lipinski definition) is 6. The molecule has 2 aromatic heterocycles. The molecular weight excluding hydrogens is 292 g/mol. The fourth-order valence-electron chi connectivity index (χ4n) is 2.91. The van der Waals surface area contributed by atoms with Crippen LogP contribution in [0.4, 0.5) is 0 Å². The van der Waals surface area contributed by atoms with Crippen molar-refractivity contribution in [3.8, 4) is 11.5 Å². The zero-order valence-corrected chi connectivity index (χ0v) is 12.7. The summed E-state index contributed by atoms with van der Waals surface area (Å²) in [6.45, 7) is 2.54. The van der Waals surface area contributed by atoms with Gasteiger partial charge in [0.1, 0.15) is 12.0 Å². The van der Waals surface area contributed by atoms with Crippen LogP contribution in [-0.2, 0) is 4.74 Å². The van der Waals surface area contributed by atoms with Crippen molar-refractivity contribution in [2.45, 2.75) is 18.9 Å². The van der Waals surface area contributed by atoms with Gasteiger partial charge in [-0.25, -0.2) is 4.98 Å². The SMILES string of the molecule is C1=NC(c2ccc(-c3ncn[nH]3)nc2)=CN(C2CCOCC2)C1. The van der Waals surface area contributed by atoms with Gasteiger partial charge in [-0.15, -0.1) is 0 Å². The van der Waals surface area contributed by atoms with Gasteiger partial charge in [-0.3, -0.25) is 15.1 Å². The molecule has 0 saturated carbocycles. The van der Waals surface area contributed by atoms with Gasteiger partial charge < -0.3 is 9.64 Å². The summed E-state index contributed by atoms with van der Waals surface area (Å²) in [5, 5.41) is 6.66. The number of aromatic nitrogens is 4. The number of aliphatic imine (C=N–C) groups is 1. The summed E-state index contributed by atoms with van der Waals surface area (Å²) in [4.78, 5) is 15.4. The number of ether oxygens (including phenoxy) is 1. The second-order valence-corrected chi connectivity index (χ2v) is 5.63. The van der Waals surface area contributed by atoms with Gasteiger partial charge in [0.2, 0.25) is 0 Å². The molecule has 118 valence electrons. The number of pyridine rings is 1. The summed E-state index contributed by atoms with van der Waals surface area (Å²) in [5.41, 5.74) is 2.72. The third kappa shape index (κ3) is 3.00. The van der Waals surface area contributed by atoms with Crippen LogP contribution in [0.2, 0.25) is 0 Å². The van der Waals surface area contributed by atoms with E-state index in [-0.39, 0.29) is 0 Å². The van der Waals surface area contributed by atoms with E-state index in [0.29, 0.717) is 11.9 Å². The van der Waals surface area contributed by atoms with Gasteiger partial charge >= 0.3 is 0 Å². The second-order valence-electron chi connectivity index (χ2n) is 5.63. The van der Waals surface area contributed by atoms with E-state index in [9.17, 15) is 0 Å². The first-order valence-corrected chi connectivity index (χ1v) is 7.80. The van der Waals surface area contributed by atoms with Crippen LogP contribution in [0.5, 0.6) is 0 Å². The van der Waals surface area contributed by atoms with Crippen molar-refractivity contribution < 1.29 is 4.74 Å². The van der Waals surface area contributed by atoms with Crippen LogP contribution in [0.15, 0.2) is 35.8 Å². The number of aromatic amines is 1. The smallest absolute Gasteiger partial charge is 0.174 e. The molecular formula is C16H18N6O. The Bertz CT molecular complexity index is 701. The lowest BCUT2D eigenvalue weighted by molar-refractivity contribution is 0.0534. The molecule has 1 fully saturated rings. The topological polar surface area (TPSA) is 79.3 Å². The number of H-pyrrole nitrogens is 1. The Morgan fingerprint density at radius 3 is 2.83 bits per heavy atom. The van der Waals surface area contributed by atoms with E-state index in [1.165, 1.54) is 6.33 Å². The van der Waals surface area contributed by atoms with Crippen molar-refractivity contribution in [2.75, 3.05) is 19.8 Å². The molecule has 0 aliphatic carbocycles. The molecule has 4 rings (SSSR count). The molecule has 0 unspecified atom stereocenters. The van der Waals surface area contributed by atoms with Crippen LogP contribution in [0.25, 0.3) is 17.2 Å². The first kappa shape index (κ1) is 14.1. The largest absolute Gasteiger partial charge is 0.381 e. The van der Waals surface area contributed by atoms with Crippen molar-refractivity contribution in [3.05, 3.63) is 36.4 Å². The number of nitrogens with one attached hydrogen (secondary N) is 1. The van der Waals surface area contributed by atoms with Crippen molar-refractivity contribution >= 4 is 11.9 Å². The Morgan fingerprint density at radius 1 is 1.17 bits per heavy atom. The zero-order valence-electron chi connectivity index (χ0n) is 12.7. The average molecular weight is 310 g/mol. The minimum absolute atomic E-state index is 0.534. The lowest BCUT2D eigenvalue weighted by atomic mass is 10.1. The molecule has 1 saturated heterocycles. The number of hydrogen-bond donors (Lipinski definition) is 1. The lowest BCUT2D eigenvalue weighted by Crippen LogP contribution is -2.38. The molecule has 2 aliphatic rings. The van der Waals surface area contributed by atoms with Crippen molar-refractivity contribution in [1.29, 1.82) is 0 Å². The summed E-state index contributed by atoms with van der Waals surface area (Å²) in [5.74, 6) is 0.668. The maximum Gasteiger partial charge on any atom is 0.174 e. The lowest BCUT2D eigenvalue weighted by Gasteiger charge is -2.34. The Kier molecular flexibility index (Phi) is 3.85. The number of nitrogens with zero attached hydrogens (tertiary/aromatic N) is 5. The van der Waals surface area contributed by atoms with E-state index in [2.05, 4.69) is 36.3 Å².